The zero-order valence-electron chi connectivity index (χ0n) is 12.3. The number of Topliss-reactive ketones (excluding diaryl/α,β-unsaturated/α-hetero) is 1. The molecule has 0 radical (unpaired) electrons. The zero-order valence-corrected chi connectivity index (χ0v) is 12.3. The minimum absolute atomic E-state index is 0.279. The van der Waals surface area contributed by atoms with Crippen LogP contribution < -0.4 is 0 Å². The molecule has 114 valence electrons. The highest BCUT2D eigenvalue weighted by Crippen LogP contribution is 2.49. The summed E-state index contributed by atoms with van der Waals surface area (Å²) in [6.45, 7) is 6.40. The Balaban J connectivity index is 2.28. The summed E-state index contributed by atoms with van der Waals surface area (Å²) in [7, 11) is 0. The molecule has 0 spiro atoms. The maximum Gasteiger partial charge on any atom is 0.411 e. The van der Waals surface area contributed by atoms with E-state index >= 15 is 0 Å². The van der Waals surface area contributed by atoms with E-state index in [1.807, 2.05) is 0 Å². The predicted octanol–water partition coefficient (Wildman–Crippen LogP) is 3.00. The maximum atomic E-state index is 14.0. The third-order valence-corrected chi connectivity index (χ3v) is 3.96. The lowest BCUT2D eigenvalue weighted by Gasteiger charge is -2.53. The van der Waals surface area contributed by atoms with Crippen molar-refractivity contribution < 1.29 is 23.1 Å². The van der Waals surface area contributed by atoms with Crippen molar-refractivity contribution in [3.05, 3.63) is 0 Å². The Kier molecular flexibility index (Phi) is 3.55. The zero-order chi connectivity index (χ0) is 15.3. The van der Waals surface area contributed by atoms with Gasteiger partial charge in [-0.25, -0.2) is 13.6 Å². The minimum atomic E-state index is -2.88. The van der Waals surface area contributed by atoms with Gasteiger partial charge < -0.3 is 4.74 Å². The van der Waals surface area contributed by atoms with Gasteiger partial charge in [-0.05, 0) is 40.5 Å². The van der Waals surface area contributed by atoms with Gasteiger partial charge in [0.15, 0.2) is 5.78 Å². The van der Waals surface area contributed by atoms with Crippen molar-refractivity contribution in [2.75, 3.05) is 0 Å². The molecule has 4 nitrogen and oxygen atoms in total. The van der Waals surface area contributed by atoms with Crippen molar-refractivity contribution in [2.45, 2.75) is 70.6 Å². The lowest BCUT2D eigenvalue weighted by Crippen LogP contribution is -2.66. The van der Waals surface area contributed by atoms with Crippen LogP contribution >= 0.6 is 0 Å². The summed E-state index contributed by atoms with van der Waals surface area (Å²) in [6.07, 6.45) is -0.256. The number of hydrogen-bond acceptors (Lipinski definition) is 3. The molecule has 0 aromatic carbocycles. The molecule has 2 saturated heterocycles. The third kappa shape index (κ3) is 2.65. The summed E-state index contributed by atoms with van der Waals surface area (Å²) < 4.78 is 33.2. The molecule has 6 heteroatoms. The summed E-state index contributed by atoms with van der Waals surface area (Å²) in [5, 5.41) is 0. The number of rotatable bonds is 1. The average molecular weight is 289 g/mol. The molecule has 2 aliphatic heterocycles. The lowest BCUT2D eigenvalue weighted by atomic mass is 9.71. The molecule has 2 bridgehead atoms. The largest absolute Gasteiger partial charge is 0.444 e. The van der Waals surface area contributed by atoms with Gasteiger partial charge in [0, 0.05) is 12.5 Å². The van der Waals surface area contributed by atoms with E-state index in [2.05, 4.69) is 0 Å². The highest BCUT2D eigenvalue weighted by Gasteiger charge is 2.60. The Bertz CT molecular complexity index is 431. The predicted molar refractivity (Wildman–Crippen MR) is 68.6 cm³/mol. The highest BCUT2D eigenvalue weighted by atomic mass is 19.3. The van der Waals surface area contributed by atoms with Crippen molar-refractivity contribution in [1.82, 2.24) is 4.90 Å². The smallest absolute Gasteiger partial charge is 0.411 e. The van der Waals surface area contributed by atoms with E-state index < -0.39 is 41.4 Å². The molecule has 20 heavy (non-hydrogen) atoms. The number of piperidine rings is 2. The van der Waals surface area contributed by atoms with Gasteiger partial charge in [-0.15, -0.1) is 0 Å². The fourth-order valence-electron chi connectivity index (χ4n) is 3.25. The number of ether oxygens (including phenoxy) is 1. The molecule has 3 fully saturated rings. The van der Waals surface area contributed by atoms with Crippen LogP contribution in [0.15, 0.2) is 0 Å². The first-order chi connectivity index (χ1) is 9.03. The number of fused-ring (bicyclic) bond motifs is 3. The number of carbonyl (C=O) groups is 2. The van der Waals surface area contributed by atoms with Crippen LogP contribution in [0.2, 0.25) is 0 Å². The van der Waals surface area contributed by atoms with Crippen LogP contribution in [0.3, 0.4) is 0 Å². The van der Waals surface area contributed by atoms with E-state index in [-0.39, 0.29) is 12.8 Å². The molecular formula is C14H21F2NO3. The van der Waals surface area contributed by atoms with E-state index in [0.717, 1.165) is 0 Å². The van der Waals surface area contributed by atoms with Gasteiger partial charge in [0.1, 0.15) is 11.6 Å². The van der Waals surface area contributed by atoms with Crippen molar-refractivity contribution in [1.29, 1.82) is 0 Å². The monoisotopic (exact) mass is 289 g/mol. The molecule has 0 N–H and O–H groups in total. The Morgan fingerprint density at radius 2 is 1.85 bits per heavy atom. The van der Waals surface area contributed by atoms with Crippen molar-refractivity contribution in [3.8, 4) is 0 Å². The fourth-order valence-corrected chi connectivity index (χ4v) is 3.25. The molecule has 3 atom stereocenters. The number of carbonyl (C=O) groups excluding carboxylic acids is 2. The van der Waals surface area contributed by atoms with E-state index in [4.69, 9.17) is 4.74 Å². The number of halogens is 2. The summed E-state index contributed by atoms with van der Waals surface area (Å²) in [6, 6.07) is -1.67. The van der Waals surface area contributed by atoms with Gasteiger partial charge in [0.2, 0.25) is 0 Å². The highest BCUT2D eigenvalue weighted by molar-refractivity contribution is 5.86. The second-order valence-electron chi connectivity index (χ2n) is 6.75. The number of ketones is 1. The number of alkyl halides is 2. The second kappa shape index (κ2) is 4.67. The van der Waals surface area contributed by atoms with Gasteiger partial charge in [-0.3, -0.25) is 9.69 Å². The van der Waals surface area contributed by atoms with Crippen LogP contribution in [0, 0.1) is 5.92 Å². The van der Waals surface area contributed by atoms with Gasteiger partial charge in [-0.2, -0.15) is 0 Å². The van der Waals surface area contributed by atoms with Gasteiger partial charge in [-0.1, -0.05) is 0 Å². The summed E-state index contributed by atoms with van der Waals surface area (Å²) in [4.78, 5) is 25.3. The molecule has 1 saturated carbocycles. The summed E-state index contributed by atoms with van der Waals surface area (Å²) >= 11 is 0. The van der Waals surface area contributed by atoms with Gasteiger partial charge in [0.05, 0.1) is 5.92 Å². The van der Waals surface area contributed by atoms with Crippen molar-refractivity contribution >= 4 is 11.9 Å². The SMILES string of the molecule is CC(=O)[C@@H]1[C@@H]2CC[C@@H](CC2(F)F)N1C(=O)OC(C)(C)C. The van der Waals surface area contributed by atoms with Gasteiger partial charge in [0.25, 0.3) is 5.92 Å². The average Bonchev–Trinajstić information content (AvgIpc) is 2.24. The Hall–Kier alpha value is -1.20. The molecule has 0 aromatic rings. The van der Waals surface area contributed by atoms with Gasteiger partial charge >= 0.3 is 6.09 Å². The summed E-state index contributed by atoms with van der Waals surface area (Å²) in [5.74, 6) is -4.36. The Labute approximate surface area is 117 Å². The maximum absolute atomic E-state index is 14.0. The van der Waals surface area contributed by atoms with Crippen LogP contribution in [0.1, 0.15) is 47.0 Å². The molecule has 0 aromatic heterocycles. The van der Waals surface area contributed by atoms with E-state index in [1.54, 1.807) is 20.8 Å². The molecule has 0 unspecified atom stereocenters. The first kappa shape index (κ1) is 15.2. The minimum Gasteiger partial charge on any atom is -0.444 e. The van der Waals surface area contributed by atoms with Crippen molar-refractivity contribution in [3.63, 3.8) is 0 Å². The van der Waals surface area contributed by atoms with Crippen LogP contribution in [-0.2, 0) is 9.53 Å². The van der Waals surface area contributed by atoms with Crippen LogP contribution in [-0.4, -0.2) is 40.4 Å². The Morgan fingerprint density at radius 3 is 2.30 bits per heavy atom. The first-order valence-corrected chi connectivity index (χ1v) is 6.92. The van der Waals surface area contributed by atoms with E-state index in [9.17, 15) is 18.4 Å². The van der Waals surface area contributed by atoms with Crippen LogP contribution in [0.25, 0.3) is 0 Å². The fraction of sp³-hybridized carbons (Fsp3) is 0.857. The molecular weight excluding hydrogens is 268 g/mol. The number of amides is 1. The quantitative estimate of drug-likeness (QED) is 0.745. The molecule has 3 rings (SSSR count). The van der Waals surface area contributed by atoms with E-state index in [0.29, 0.717) is 6.42 Å². The molecule has 3 aliphatic rings. The number of nitrogens with zero attached hydrogens (tertiary/aromatic N) is 1. The van der Waals surface area contributed by atoms with Crippen LogP contribution in [0.4, 0.5) is 13.6 Å². The molecule has 1 amide bonds. The molecule has 1 aliphatic carbocycles. The molecule has 2 heterocycles. The summed E-state index contributed by atoms with van der Waals surface area (Å²) in [5.41, 5.74) is -0.711. The first-order valence-electron chi connectivity index (χ1n) is 6.92. The number of hydrogen-bond donors (Lipinski definition) is 0. The lowest BCUT2D eigenvalue weighted by molar-refractivity contribution is -0.181. The second-order valence-corrected chi connectivity index (χ2v) is 6.75. The van der Waals surface area contributed by atoms with Crippen LogP contribution in [0.5, 0.6) is 0 Å². The standard InChI is InChI=1S/C14H21F2NO3/c1-8(18)11-10-6-5-9(7-14(10,15)16)17(11)12(19)20-13(2,3)4/h9-11H,5-7H2,1-4H3/t9-,10-,11+/m0/s1. The topological polar surface area (TPSA) is 46.6 Å². The third-order valence-electron chi connectivity index (χ3n) is 3.96. The normalized spacial score (nSPS) is 32.1. The Morgan fingerprint density at radius 1 is 1.25 bits per heavy atom. The van der Waals surface area contributed by atoms with E-state index in [1.165, 1.54) is 11.8 Å². The van der Waals surface area contributed by atoms with Crippen molar-refractivity contribution in [2.24, 2.45) is 5.92 Å².